The maximum absolute atomic E-state index is 14.3. The van der Waals surface area contributed by atoms with Crippen LogP contribution < -0.4 is 44.6 Å². The first kappa shape index (κ1) is 76.0. The fraction of sp³-hybridized carbons (Fsp3) is 0.625. The van der Waals surface area contributed by atoms with Crippen molar-refractivity contribution in [3.05, 3.63) is 75.8 Å². The third-order valence-corrected chi connectivity index (χ3v) is 21.8. The number of aliphatic hydroxyl groups is 2. The molecule has 30 heteroatoms. The van der Waals surface area contributed by atoms with Crippen molar-refractivity contribution < 1.29 is 83.8 Å². The number of phosphoric acid groups is 1. The fourth-order valence-electron chi connectivity index (χ4n) is 15.5. The largest absolute Gasteiger partial charge is 3.00 e. The third kappa shape index (κ3) is 15.1. The van der Waals surface area contributed by atoms with E-state index < -0.39 is 143 Å². The standard InChI is InChI=1S/C63H92N13O14P.CN.Co/c1-30-20-40-42(21-31(30)2)76(29-71-40)58-54(85)55(43(28-77)88-58)90-91(86,87)89-32(3)27-70-51(84)18-19-60(8)38(22-48(67)81)41-24-63(11)62(10,26-50(69)83)37(14-17-47(66)80)53(75-63)34(5)57-61(9,25-49(68)82)35(12-15-45(64)78)39(72-57)23-44-59(6,7)36(13-16-46(65)79)52(74-44)33(4)56(60)73-41;1-2;/h20-21,23,29,32,35-38,41,43,54-55,58,77,85H,12-19,22,24-28H2,1-11H3,(H15,64,65,66,67,68,69,70,72,73,74,75,78,79,80,81,82,83,84,86,87);;/q;-1;+3/p-2/t32-,35-,36+,37-,38+,41+,43-,54-,55-,58+,60-,61+,62+,63+;;/m1../s1. The predicted molar refractivity (Wildman–Crippen MR) is 341 cm³/mol. The Morgan fingerprint density at radius 1 is 0.819 bits per heavy atom. The van der Waals surface area contributed by atoms with Gasteiger partial charge >= 0.3 is 16.8 Å². The summed E-state index contributed by atoms with van der Waals surface area (Å²) in [6, 6.07) is 2.89. The molecule has 15 atom stereocenters. The van der Waals surface area contributed by atoms with Crippen LogP contribution in [0.3, 0.4) is 0 Å². The molecule has 1 unspecified atom stereocenters. The van der Waals surface area contributed by atoms with Crippen LogP contribution in [0.4, 0.5) is 0 Å². The number of amides is 7. The van der Waals surface area contributed by atoms with Crippen molar-refractivity contribution in [1.29, 1.82) is 5.26 Å². The number of ether oxygens (including phenoxy) is 1. The quantitative estimate of drug-likeness (QED) is 0.0478. The summed E-state index contributed by atoms with van der Waals surface area (Å²) in [5, 5.41) is 36.3. The minimum absolute atomic E-state index is 0. The molecule has 94 heavy (non-hydrogen) atoms. The number of aliphatic hydroxyl groups excluding tert-OH is 2. The van der Waals surface area contributed by atoms with Crippen molar-refractivity contribution in [1.82, 2.24) is 14.9 Å². The molecule has 15 N–H and O–H groups in total. The van der Waals surface area contributed by atoms with Crippen LogP contribution in [0.1, 0.15) is 157 Å². The number of aliphatic imine (C=N–C) groups is 3. The van der Waals surface area contributed by atoms with E-state index >= 15 is 0 Å². The van der Waals surface area contributed by atoms with Crippen LogP contribution >= 0.6 is 7.82 Å². The van der Waals surface area contributed by atoms with E-state index in [4.69, 9.17) is 80.3 Å². The van der Waals surface area contributed by atoms with Gasteiger partial charge in [-0.15, -0.1) is 6.04 Å². The summed E-state index contributed by atoms with van der Waals surface area (Å²) >= 11 is 0. The van der Waals surface area contributed by atoms with Gasteiger partial charge in [0.2, 0.25) is 41.4 Å². The van der Waals surface area contributed by atoms with Crippen LogP contribution in [-0.4, -0.2) is 127 Å². The molecule has 514 valence electrons. The number of benzene rings is 1. The maximum atomic E-state index is 14.3. The summed E-state index contributed by atoms with van der Waals surface area (Å²) in [5.41, 5.74) is 37.3. The first-order valence-electron chi connectivity index (χ1n) is 31.2. The zero-order chi connectivity index (χ0) is 69.4. The second-order valence-electron chi connectivity index (χ2n) is 27.4. The SMILES string of the molecule is C/C1=C2/[N-][C@@H](C[C@]3(C)N=C(/C(C)=C4N=C(/C=C5N=C1[C@H](CCC(N)=O)C\5(C)C)[C@@H](CCC(N)=O)[C@]\4(C)CC(N)=O)[C@@H](CCC(N)=O)[C@]3(C)CC(N)=O)[C@H](CC(N)=O)[C@@]2(C)CCC(=O)NC[C@@H](C)OP(=O)([O-])O[C@H]1[C@@H](O)[C@@H](n2cnc3cc(C)c(C)cc32)O[C@@H]1CO.[C-]#N.[Co+3]. The number of nitrogens with zero attached hydrogens (tertiary/aromatic N) is 7. The number of allylic oxidation sites excluding steroid dienone is 6. The Kier molecular flexibility index (Phi) is 23.6. The van der Waals surface area contributed by atoms with Crippen molar-refractivity contribution in [3.63, 3.8) is 0 Å². The molecular formula is C64H90CoN14O14P. The number of carbonyl (C=O) groups excluding carboxylic acids is 7. The Labute approximate surface area is 557 Å². The first-order chi connectivity index (χ1) is 43.3. The molecule has 28 nitrogen and oxygen atoms in total. The maximum Gasteiger partial charge on any atom is 3.00 e. The Morgan fingerprint density at radius 2 is 1.40 bits per heavy atom. The van der Waals surface area contributed by atoms with Gasteiger partial charge in [-0.3, -0.25) is 53.1 Å². The zero-order valence-electron chi connectivity index (χ0n) is 55.2. The average molecular weight is 1370 g/mol. The van der Waals surface area contributed by atoms with Gasteiger partial charge in [0.05, 0.1) is 41.3 Å². The van der Waals surface area contributed by atoms with Gasteiger partial charge < -0.3 is 90.3 Å². The van der Waals surface area contributed by atoms with Crippen LogP contribution in [-0.2, 0) is 68.7 Å². The summed E-state index contributed by atoms with van der Waals surface area (Å²) in [5.74, 6) is -6.96. The Hall–Kier alpha value is -7.00. The van der Waals surface area contributed by atoms with Crippen LogP contribution in [0.25, 0.3) is 16.4 Å². The molecule has 1 aromatic carbocycles. The number of imidazole rings is 1. The number of fused-ring (bicyclic) bond motifs is 6. The van der Waals surface area contributed by atoms with Crippen LogP contribution in [0, 0.1) is 71.0 Å². The van der Waals surface area contributed by atoms with Crippen LogP contribution in [0.15, 0.2) is 67.8 Å². The van der Waals surface area contributed by atoms with E-state index in [9.17, 15) is 53.2 Å². The summed E-state index contributed by atoms with van der Waals surface area (Å²) in [7, 11) is -5.31. The molecule has 0 radical (unpaired) electrons. The Morgan fingerprint density at radius 3 is 1.98 bits per heavy atom. The molecule has 0 aliphatic carbocycles. The van der Waals surface area contributed by atoms with E-state index in [1.54, 1.807) is 6.92 Å². The summed E-state index contributed by atoms with van der Waals surface area (Å²) in [6.45, 7) is 24.0. The van der Waals surface area contributed by atoms with Gasteiger partial charge in [-0.2, -0.15) is 5.70 Å². The third-order valence-electron chi connectivity index (χ3n) is 20.7. The molecular weight excluding hydrogens is 1280 g/mol. The number of phosphoric ester groups is 1. The molecule has 2 saturated heterocycles. The topological polar surface area (TPSA) is 489 Å². The molecule has 6 aliphatic rings. The molecule has 8 bridgehead atoms. The van der Waals surface area contributed by atoms with Gasteiger partial charge in [0.25, 0.3) is 7.82 Å². The molecule has 7 amide bonds. The van der Waals surface area contributed by atoms with E-state index in [2.05, 4.69) is 10.3 Å². The minimum Gasteiger partial charge on any atom is -0.756 e. The molecule has 0 saturated carbocycles. The Bertz CT molecular complexity index is 3620. The van der Waals surface area contributed by atoms with Crippen molar-refractivity contribution in [2.45, 2.75) is 195 Å². The normalized spacial score (nSPS) is 33.0. The van der Waals surface area contributed by atoms with Crippen LogP contribution in [0.2, 0.25) is 0 Å². The number of nitrogens with one attached hydrogen (secondary N) is 1. The van der Waals surface area contributed by atoms with E-state index in [1.807, 2.05) is 80.5 Å². The monoisotopic (exact) mass is 1370 g/mol. The van der Waals surface area contributed by atoms with Crippen molar-refractivity contribution in [2.75, 3.05) is 13.2 Å². The van der Waals surface area contributed by atoms with Gasteiger partial charge in [-0.05, 0) is 125 Å². The second kappa shape index (κ2) is 29.1. The molecule has 7 heterocycles. The van der Waals surface area contributed by atoms with Gasteiger partial charge in [0.15, 0.2) is 6.23 Å². The van der Waals surface area contributed by atoms with E-state index in [0.29, 0.717) is 56.4 Å². The smallest absolute Gasteiger partial charge is 0.756 e. The zero-order valence-corrected chi connectivity index (χ0v) is 57.1. The van der Waals surface area contributed by atoms with Crippen LogP contribution in [0.5, 0.6) is 0 Å². The molecule has 2 fully saturated rings. The van der Waals surface area contributed by atoms with E-state index in [-0.39, 0.29) is 100 Å². The van der Waals surface area contributed by atoms with Gasteiger partial charge in [-0.1, -0.05) is 34.6 Å². The van der Waals surface area contributed by atoms with Crippen molar-refractivity contribution in [2.24, 2.45) is 94.7 Å². The fourth-order valence-corrected chi connectivity index (χ4v) is 16.6. The van der Waals surface area contributed by atoms with E-state index in [0.717, 1.165) is 11.1 Å². The second-order valence-corrected chi connectivity index (χ2v) is 28.8. The van der Waals surface area contributed by atoms with Crippen molar-refractivity contribution in [3.8, 4) is 0 Å². The van der Waals surface area contributed by atoms with Crippen molar-refractivity contribution >= 4 is 77.3 Å². The molecule has 6 aliphatic heterocycles. The van der Waals surface area contributed by atoms with Gasteiger partial charge in [0, 0.05) is 108 Å². The first-order valence-corrected chi connectivity index (χ1v) is 32.7. The Balaban J connectivity index is 0.00000462. The summed E-state index contributed by atoms with van der Waals surface area (Å²) < 4.78 is 31.9. The molecule has 8 rings (SSSR count). The molecule has 0 spiro atoms. The van der Waals surface area contributed by atoms with Gasteiger partial charge in [0.1, 0.15) is 18.3 Å². The number of carbonyl (C=O) groups is 7. The number of hydrogen-bond acceptors (Lipinski definition) is 19. The van der Waals surface area contributed by atoms with E-state index in [1.165, 1.54) is 17.8 Å². The minimum atomic E-state index is -5.31. The number of hydrogen-bond donors (Lipinski definition) is 9. The number of aromatic nitrogens is 2. The van der Waals surface area contributed by atoms with Gasteiger partial charge in [-0.25, -0.2) is 4.98 Å². The number of primary amides is 6. The summed E-state index contributed by atoms with van der Waals surface area (Å²) in [6.07, 6.45) is -4.28. The molecule has 1 aromatic heterocycles. The summed E-state index contributed by atoms with van der Waals surface area (Å²) in [4.78, 5) is 127. The number of nitrogens with two attached hydrogens (primary N) is 6. The number of rotatable bonds is 26. The molecule has 2 aromatic rings. The number of aryl methyl sites for hydroxylation is 2. The average Bonchev–Trinajstić information content (AvgIpc) is 1.55. The predicted octanol–water partition coefficient (Wildman–Crippen LogP) is 3.80.